The molecule has 0 radical (unpaired) electrons. The number of aliphatic imine (C=N–C) groups is 1. The number of amides is 1. The number of benzene rings is 2. The normalized spacial score (nSPS) is 15.8. The van der Waals surface area contributed by atoms with E-state index in [1.165, 1.54) is 0 Å². The number of nitrogen functional groups attached to an aromatic ring is 1. The van der Waals surface area contributed by atoms with Gasteiger partial charge in [0.2, 0.25) is 0 Å². The van der Waals surface area contributed by atoms with Crippen LogP contribution in [0.15, 0.2) is 47.5 Å². The molecule has 0 fully saturated rings. The van der Waals surface area contributed by atoms with Crippen molar-refractivity contribution in [1.82, 2.24) is 0 Å². The molecule has 1 aliphatic heterocycles. The van der Waals surface area contributed by atoms with Crippen molar-refractivity contribution in [3.05, 3.63) is 48.0 Å². The Morgan fingerprint density at radius 1 is 1.33 bits per heavy atom. The van der Waals surface area contributed by atoms with Gasteiger partial charge < -0.3 is 15.8 Å². The molecule has 0 bridgehead atoms. The maximum absolute atomic E-state index is 11.6. The van der Waals surface area contributed by atoms with Crippen LogP contribution in [0.5, 0.6) is 0 Å². The van der Waals surface area contributed by atoms with E-state index in [0.29, 0.717) is 23.7 Å². The predicted molar refractivity (Wildman–Crippen MR) is 97.2 cm³/mol. The van der Waals surface area contributed by atoms with Gasteiger partial charge in [0.25, 0.3) is 0 Å². The number of carbonyl (C=O) groups is 1. The molecule has 0 aromatic heterocycles. The third-order valence-corrected chi connectivity index (χ3v) is 3.75. The molecule has 124 valence electrons. The van der Waals surface area contributed by atoms with E-state index < -0.39 is 6.09 Å². The summed E-state index contributed by atoms with van der Waals surface area (Å²) in [5.74, 6) is 0. The van der Waals surface area contributed by atoms with E-state index in [9.17, 15) is 4.79 Å². The summed E-state index contributed by atoms with van der Waals surface area (Å²) in [7, 11) is 0. The highest BCUT2D eigenvalue weighted by molar-refractivity contribution is 6.10. The summed E-state index contributed by atoms with van der Waals surface area (Å²) in [6, 6.07) is 13.5. The van der Waals surface area contributed by atoms with Crippen molar-refractivity contribution in [1.29, 1.82) is 0 Å². The van der Waals surface area contributed by atoms with Crippen LogP contribution >= 0.6 is 0 Å². The number of nitrogens with two attached hydrogens (primary N) is 1. The molecule has 1 aliphatic rings. The molecule has 6 heteroatoms. The smallest absolute Gasteiger partial charge is 0.411 e. The summed E-state index contributed by atoms with van der Waals surface area (Å²) >= 11 is 0. The topological polar surface area (TPSA) is 88.7 Å². The molecular formula is C18H20N4O2. The number of ether oxygens (including phenoxy) is 1. The number of fused-ring (bicyclic) bond motifs is 1. The van der Waals surface area contributed by atoms with Gasteiger partial charge in [-0.15, -0.1) is 0 Å². The average molecular weight is 324 g/mol. The highest BCUT2D eigenvalue weighted by Gasteiger charge is 2.22. The quantitative estimate of drug-likeness (QED) is 0.750. The molecule has 1 atom stereocenters. The first-order chi connectivity index (χ1) is 11.6. The largest absolute Gasteiger partial charge is 0.450 e. The molecule has 4 N–H and O–H groups in total. The number of anilines is 3. The van der Waals surface area contributed by atoms with Crippen molar-refractivity contribution in [3.8, 4) is 0 Å². The maximum atomic E-state index is 11.6. The Bertz CT molecular complexity index is 787. The zero-order valence-corrected chi connectivity index (χ0v) is 13.7. The molecule has 6 nitrogen and oxygen atoms in total. The molecule has 0 unspecified atom stereocenters. The van der Waals surface area contributed by atoms with Crippen molar-refractivity contribution >= 4 is 34.6 Å². The second kappa shape index (κ2) is 6.62. The first-order valence-electron chi connectivity index (χ1n) is 7.86. The van der Waals surface area contributed by atoms with Crippen molar-refractivity contribution in [2.24, 2.45) is 4.99 Å². The summed E-state index contributed by atoms with van der Waals surface area (Å²) in [6.07, 6.45) is -0.505. The van der Waals surface area contributed by atoms with Crippen LogP contribution in [0.1, 0.15) is 19.4 Å². The van der Waals surface area contributed by atoms with Gasteiger partial charge in [-0.2, -0.15) is 0 Å². The van der Waals surface area contributed by atoms with Gasteiger partial charge in [0, 0.05) is 5.69 Å². The number of nitrogens with zero attached hydrogens (tertiary/aromatic N) is 1. The molecule has 2 aromatic rings. The van der Waals surface area contributed by atoms with E-state index in [1.807, 2.05) is 43.3 Å². The lowest BCUT2D eigenvalue weighted by Crippen LogP contribution is -2.30. The second-order valence-electron chi connectivity index (χ2n) is 5.54. The van der Waals surface area contributed by atoms with Crippen LogP contribution in [0.4, 0.5) is 27.5 Å². The highest BCUT2D eigenvalue weighted by Crippen LogP contribution is 2.39. The Morgan fingerprint density at radius 3 is 2.79 bits per heavy atom. The average Bonchev–Trinajstić information content (AvgIpc) is 2.55. The van der Waals surface area contributed by atoms with Crippen LogP contribution in [0.2, 0.25) is 0 Å². The van der Waals surface area contributed by atoms with Gasteiger partial charge in [-0.05, 0) is 31.5 Å². The van der Waals surface area contributed by atoms with Crippen LogP contribution in [-0.4, -0.2) is 24.5 Å². The lowest BCUT2D eigenvalue weighted by molar-refractivity contribution is 0.168. The summed E-state index contributed by atoms with van der Waals surface area (Å²) in [4.78, 5) is 16.3. The van der Waals surface area contributed by atoms with E-state index in [0.717, 1.165) is 17.0 Å². The Kier molecular flexibility index (Phi) is 4.37. The molecule has 1 amide bonds. The van der Waals surface area contributed by atoms with Gasteiger partial charge in [0.15, 0.2) is 0 Å². The van der Waals surface area contributed by atoms with Crippen LogP contribution in [0.3, 0.4) is 0 Å². The van der Waals surface area contributed by atoms with Crippen LogP contribution < -0.4 is 16.4 Å². The summed E-state index contributed by atoms with van der Waals surface area (Å²) < 4.78 is 4.89. The van der Waals surface area contributed by atoms with Crippen LogP contribution in [0, 0.1) is 0 Å². The van der Waals surface area contributed by atoms with Gasteiger partial charge in [0.05, 0.1) is 29.7 Å². The molecular weight excluding hydrogens is 304 g/mol. The lowest BCUT2D eigenvalue weighted by atomic mass is 10.0. The van der Waals surface area contributed by atoms with Crippen molar-refractivity contribution in [2.45, 2.75) is 19.9 Å². The monoisotopic (exact) mass is 324 g/mol. The number of hydrogen-bond donors (Lipinski definition) is 3. The third-order valence-electron chi connectivity index (χ3n) is 3.75. The SMILES string of the molecule is CCOC(=O)Nc1cc(N)c2c(c1)N[C@@H](C)C(c1ccccc1)=N2. The maximum Gasteiger partial charge on any atom is 0.411 e. The summed E-state index contributed by atoms with van der Waals surface area (Å²) in [6.45, 7) is 4.10. The molecule has 2 aromatic carbocycles. The van der Waals surface area contributed by atoms with Crippen molar-refractivity contribution in [2.75, 3.05) is 23.0 Å². The third kappa shape index (κ3) is 3.17. The van der Waals surface area contributed by atoms with E-state index in [1.54, 1.807) is 13.0 Å². The fourth-order valence-electron chi connectivity index (χ4n) is 2.69. The number of rotatable bonds is 3. The highest BCUT2D eigenvalue weighted by atomic mass is 16.5. The Morgan fingerprint density at radius 2 is 2.08 bits per heavy atom. The zero-order chi connectivity index (χ0) is 17.1. The number of nitrogens with one attached hydrogen (secondary N) is 2. The molecule has 0 aliphatic carbocycles. The van der Waals surface area contributed by atoms with Gasteiger partial charge >= 0.3 is 6.09 Å². The van der Waals surface area contributed by atoms with Crippen molar-refractivity contribution < 1.29 is 9.53 Å². The minimum atomic E-state index is -0.505. The first-order valence-corrected chi connectivity index (χ1v) is 7.86. The van der Waals surface area contributed by atoms with Crippen LogP contribution in [0.25, 0.3) is 0 Å². The Hall–Kier alpha value is -3.02. The van der Waals surface area contributed by atoms with E-state index >= 15 is 0 Å². The molecule has 0 spiro atoms. The molecule has 1 heterocycles. The molecule has 3 rings (SSSR count). The lowest BCUT2D eigenvalue weighted by Gasteiger charge is -2.26. The minimum Gasteiger partial charge on any atom is -0.450 e. The second-order valence-corrected chi connectivity index (χ2v) is 5.54. The van der Waals surface area contributed by atoms with Gasteiger partial charge in [-0.3, -0.25) is 5.32 Å². The fraction of sp³-hybridized carbons (Fsp3) is 0.222. The van der Waals surface area contributed by atoms with E-state index in [2.05, 4.69) is 10.6 Å². The Balaban J connectivity index is 1.95. The van der Waals surface area contributed by atoms with Crippen LogP contribution in [-0.2, 0) is 4.74 Å². The number of hydrogen-bond acceptors (Lipinski definition) is 5. The summed E-state index contributed by atoms with van der Waals surface area (Å²) in [5, 5.41) is 6.05. The number of carbonyl (C=O) groups excluding carboxylic acids is 1. The Labute approximate surface area is 140 Å². The zero-order valence-electron chi connectivity index (χ0n) is 13.7. The fourth-order valence-corrected chi connectivity index (χ4v) is 2.69. The minimum absolute atomic E-state index is 0.0251. The van der Waals surface area contributed by atoms with Crippen molar-refractivity contribution in [3.63, 3.8) is 0 Å². The van der Waals surface area contributed by atoms with Gasteiger partial charge in [-0.25, -0.2) is 9.79 Å². The van der Waals surface area contributed by atoms with Gasteiger partial charge in [-0.1, -0.05) is 30.3 Å². The standard InChI is InChI=1S/C18H20N4O2/c1-3-24-18(23)21-13-9-14(19)17-15(10-13)20-11(2)16(22-17)12-7-5-4-6-8-12/h4-11,20H,3,19H2,1-2H3,(H,21,23)/t11-/m0/s1. The van der Waals surface area contributed by atoms with Gasteiger partial charge in [0.1, 0.15) is 5.69 Å². The molecule has 0 saturated carbocycles. The predicted octanol–water partition coefficient (Wildman–Crippen LogP) is 3.77. The molecule has 24 heavy (non-hydrogen) atoms. The van der Waals surface area contributed by atoms with E-state index in [4.69, 9.17) is 15.5 Å². The van der Waals surface area contributed by atoms with E-state index in [-0.39, 0.29) is 6.04 Å². The molecule has 0 saturated heterocycles. The first kappa shape index (κ1) is 15.9. The summed E-state index contributed by atoms with van der Waals surface area (Å²) in [5.41, 5.74) is 10.7.